The number of aryl methyl sites for hydroxylation is 1. The summed E-state index contributed by atoms with van der Waals surface area (Å²) in [7, 11) is 0. The van der Waals surface area contributed by atoms with E-state index in [1.165, 1.54) is 15.0 Å². The molecule has 0 spiro atoms. The number of nitrogens with zero attached hydrogens (tertiary/aromatic N) is 2. The molecule has 20 heavy (non-hydrogen) atoms. The molecule has 5 heteroatoms. The van der Waals surface area contributed by atoms with Crippen LogP contribution in [0.25, 0.3) is 20.4 Å². The van der Waals surface area contributed by atoms with Crippen molar-refractivity contribution in [2.24, 2.45) is 0 Å². The monoisotopic (exact) mass is 297 g/mol. The van der Waals surface area contributed by atoms with E-state index in [2.05, 4.69) is 46.5 Å². The molecular formula is C15H11N3S2. The van der Waals surface area contributed by atoms with Crippen LogP contribution in [-0.2, 0) is 0 Å². The minimum Gasteiger partial charge on any atom is -0.331 e. The Hall–Kier alpha value is -1.98. The first-order valence-electron chi connectivity index (χ1n) is 6.25. The predicted octanol–water partition coefficient (Wildman–Crippen LogP) is 4.96. The number of hydrogen-bond acceptors (Lipinski definition) is 5. The maximum absolute atomic E-state index is 4.63. The van der Waals surface area contributed by atoms with Gasteiger partial charge in [0.1, 0.15) is 0 Å². The Morgan fingerprint density at radius 1 is 1.00 bits per heavy atom. The summed E-state index contributed by atoms with van der Waals surface area (Å²) in [6.07, 6.45) is 0. The van der Waals surface area contributed by atoms with Crippen molar-refractivity contribution in [2.45, 2.75) is 6.92 Å². The van der Waals surface area contributed by atoms with E-state index in [0.29, 0.717) is 0 Å². The standard InChI is InChI=1S/C15H11N3S2/c1-9-2-5-13-12(6-9)18-15(20-13)17-10-3-4-11-14(7-10)19-8-16-11/h2-8H,1H3,(H,17,18). The molecule has 2 aromatic heterocycles. The number of rotatable bonds is 2. The fourth-order valence-corrected chi connectivity index (χ4v) is 3.73. The van der Waals surface area contributed by atoms with E-state index >= 15 is 0 Å². The highest BCUT2D eigenvalue weighted by Crippen LogP contribution is 2.30. The molecule has 4 aromatic rings. The highest BCUT2D eigenvalue weighted by atomic mass is 32.1. The van der Waals surface area contributed by atoms with Crippen molar-refractivity contribution in [1.82, 2.24) is 9.97 Å². The van der Waals surface area contributed by atoms with Gasteiger partial charge in [-0.05, 0) is 42.8 Å². The summed E-state index contributed by atoms with van der Waals surface area (Å²) in [6, 6.07) is 12.5. The zero-order valence-electron chi connectivity index (χ0n) is 10.8. The molecule has 0 aliphatic carbocycles. The second kappa shape index (κ2) is 4.54. The van der Waals surface area contributed by atoms with Crippen LogP contribution in [0.1, 0.15) is 5.56 Å². The third-order valence-electron chi connectivity index (χ3n) is 3.13. The highest BCUT2D eigenvalue weighted by molar-refractivity contribution is 7.22. The van der Waals surface area contributed by atoms with Crippen LogP contribution >= 0.6 is 22.7 Å². The van der Waals surface area contributed by atoms with Crippen molar-refractivity contribution < 1.29 is 0 Å². The Morgan fingerprint density at radius 2 is 1.95 bits per heavy atom. The Kier molecular flexibility index (Phi) is 2.68. The molecule has 2 aromatic carbocycles. The number of benzene rings is 2. The molecular weight excluding hydrogens is 286 g/mol. The van der Waals surface area contributed by atoms with Crippen LogP contribution in [-0.4, -0.2) is 9.97 Å². The van der Waals surface area contributed by atoms with Gasteiger partial charge in [-0.3, -0.25) is 0 Å². The van der Waals surface area contributed by atoms with Crippen LogP contribution < -0.4 is 5.32 Å². The van der Waals surface area contributed by atoms with Crippen molar-refractivity contribution in [3.63, 3.8) is 0 Å². The summed E-state index contributed by atoms with van der Waals surface area (Å²) in [4.78, 5) is 8.92. The molecule has 0 aliphatic rings. The molecule has 0 bridgehead atoms. The lowest BCUT2D eigenvalue weighted by Gasteiger charge is -2.01. The largest absolute Gasteiger partial charge is 0.331 e. The molecule has 0 atom stereocenters. The minimum absolute atomic E-state index is 0.925. The Labute approximate surface area is 123 Å². The van der Waals surface area contributed by atoms with Gasteiger partial charge < -0.3 is 5.32 Å². The lowest BCUT2D eigenvalue weighted by molar-refractivity contribution is 1.42. The summed E-state index contributed by atoms with van der Waals surface area (Å²) in [5.41, 5.74) is 6.25. The van der Waals surface area contributed by atoms with Gasteiger partial charge in [0.2, 0.25) is 0 Å². The van der Waals surface area contributed by atoms with Crippen LogP contribution in [0.4, 0.5) is 10.8 Å². The van der Waals surface area contributed by atoms with Gasteiger partial charge in [0.05, 0.1) is 25.9 Å². The highest BCUT2D eigenvalue weighted by Gasteiger charge is 2.05. The van der Waals surface area contributed by atoms with Gasteiger partial charge in [0.25, 0.3) is 0 Å². The molecule has 0 aliphatic heterocycles. The van der Waals surface area contributed by atoms with Crippen molar-refractivity contribution in [2.75, 3.05) is 5.32 Å². The third kappa shape index (κ3) is 2.05. The minimum atomic E-state index is 0.925. The molecule has 0 saturated carbocycles. The van der Waals surface area contributed by atoms with E-state index in [4.69, 9.17) is 0 Å². The maximum atomic E-state index is 4.63. The first-order valence-corrected chi connectivity index (χ1v) is 7.95. The van der Waals surface area contributed by atoms with Crippen LogP contribution in [0.5, 0.6) is 0 Å². The molecule has 0 fully saturated rings. The smallest absolute Gasteiger partial charge is 0.188 e. The molecule has 98 valence electrons. The van der Waals surface area contributed by atoms with E-state index in [-0.39, 0.29) is 0 Å². The average Bonchev–Trinajstić information content (AvgIpc) is 3.03. The number of fused-ring (bicyclic) bond motifs is 2. The van der Waals surface area contributed by atoms with Crippen LogP contribution in [0.2, 0.25) is 0 Å². The van der Waals surface area contributed by atoms with Crippen LogP contribution in [0.15, 0.2) is 41.9 Å². The lowest BCUT2D eigenvalue weighted by atomic mass is 10.2. The van der Waals surface area contributed by atoms with Gasteiger partial charge >= 0.3 is 0 Å². The first-order chi connectivity index (χ1) is 9.78. The Bertz CT molecular complexity index is 908. The van der Waals surface area contributed by atoms with Crippen LogP contribution in [0.3, 0.4) is 0 Å². The summed E-state index contributed by atoms with van der Waals surface area (Å²) < 4.78 is 2.39. The number of thiazole rings is 2. The zero-order valence-corrected chi connectivity index (χ0v) is 12.4. The SMILES string of the molecule is Cc1ccc2sc(Nc3ccc4ncsc4c3)nc2c1. The van der Waals surface area contributed by atoms with Gasteiger partial charge in [-0.2, -0.15) is 0 Å². The van der Waals surface area contributed by atoms with Gasteiger partial charge in [-0.15, -0.1) is 11.3 Å². The van der Waals surface area contributed by atoms with Crippen molar-refractivity contribution in [3.05, 3.63) is 47.5 Å². The molecule has 0 radical (unpaired) electrons. The fourth-order valence-electron chi connectivity index (χ4n) is 2.15. The molecule has 1 N–H and O–H groups in total. The van der Waals surface area contributed by atoms with Crippen molar-refractivity contribution >= 4 is 53.9 Å². The Balaban J connectivity index is 1.72. The summed E-state index contributed by atoms with van der Waals surface area (Å²) in [6.45, 7) is 2.09. The second-order valence-corrected chi connectivity index (χ2v) is 6.57. The Morgan fingerprint density at radius 3 is 2.90 bits per heavy atom. The average molecular weight is 297 g/mol. The van der Waals surface area contributed by atoms with E-state index in [1.807, 2.05) is 17.6 Å². The summed E-state index contributed by atoms with van der Waals surface area (Å²) in [5.74, 6) is 0. The fraction of sp³-hybridized carbons (Fsp3) is 0.0667. The molecule has 0 saturated heterocycles. The van der Waals surface area contributed by atoms with E-state index in [1.54, 1.807) is 22.7 Å². The maximum Gasteiger partial charge on any atom is 0.188 e. The zero-order chi connectivity index (χ0) is 13.5. The molecule has 3 nitrogen and oxygen atoms in total. The second-order valence-electron chi connectivity index (χ2n) is 4.65. The van der Waals surface area contributed by atoms with Crippen LogP contribution in [0, 0.1) is 6.92 Å². The molecule has 2 heterocycles. The lowest BCUT2D eigenvalue weighted by Crippen LogP contribution is -1.88. The summed E-state index contributed by atoms with van der Waals surface area (Å²) in [5, 5.41) is 4.31. The normalized spacial score (nSPS) is 11.2. The predicted molar refractivity (Wildman–Crippen MR) is 87.3 cm³/mol. The summed E-state index contributed by atoms with van der Waals surface area (Å²) >= 11 is 3.32. The first kappa shape index (κ1) is 11.8. The van der Waals surface area contributed by atoms with Gasteiger partial charge in [0, 0.05) is 5.69 Å². The van der Waals surface area contributed by atoms with Gasteiger partial charge in [-0.1, -0.05) is 17.4 Å². The molecule has 0 unspecified atom stereocenters. The third-order valence-corrected chi connectivity index (χ3v) is 4.87. The molecule has 0 amide bonds. The number of aromatic nitrogens is 2. The van der Waals surface area contributed by atoms with E-state index < -0.39 is 0 Å². The van der Waals surface area contributed by atoms with Gasteiger partial charge in [0.15, 0.2) is 5.13 Å². The van der Waals surface area contributed by atoms with Gasteiger partial charge in [-0.25, -0.2) is 9.97 Å². The van der Waals surface area contributed by atoms with E-state index in [0.717, 1.165) is 21.9 Å². The molecule has 4 rings (SSSR count). The topological polar surface area (TPSA) is 37.8 Å². The number of hydrogen-bond donors (Lipinski definition) is 1. The number of anilines is 2. The number of nitrogens with one attached hydrogen (secondary N) is 1. The van der Waals surface area contributed by atoms with E-state index in [9.17, 15) is 0 Å². The van der Waals surface area contributed by atoms with Crippen molar-refractivity contribution in [3.8, 4) is 0 Å². The van der Waals surface area contributed by atoms with Crippen molar-refractivity contribution in [1.29, 1.82) is 0 Å². The quantitative estimate of drug-likeness (QED) is 0.568.